The average molecular weight is 412 g/mol. The lowest BCUT2D eigenvalue weighted by molar-refractivity contribution is 0.101. The normalized spacial score (nSPS) is 11.2. The van der Waals surface area contributed by atoms with Crippen LogP contribution in [0.4, 0.5) is 0 Å². The Labute approximate surface area is 166 Å². The lowest BCUT2D eigenvalue weighted by atomic mass is 10.2. The van der Waals surface area contributed by atoms with Crippen molar-refractivity contribution in [1.82, 2.24) is 24.2 Å². The van der Waals surface area contributed by atoms with Gasteiger partial charge in [0.15, 0.2) is 0 Å². The van der Waals surface area contributed by atoms with Crippen LogP contribution >= 0.6 is 11.3 Å². The lowest BCUT2D eigenvalue weighted by Crippen LogP contribution is -2.33. The molecule has 0 aliphatic rings. The van der Waals surface area contributed by atoms with Crippen molar-refractivity contribution < 1.29 is 4.79 Å². The van der Waals surface area contributed by atoms with E-state index in [1.807, 2.05) is 6.92 Å². The molecule has 0 aliphatic heterocycles. The van der Waals surface area contributed by atoms with Crippen molar-refractivity contribution in [2.75, 3.05) is 5.43 Å². The molecule has 0 spiro atoms. The van der Waals surface area contributed by atoms with Gasteiger partial charge in [-0.2, -0.15) is 0 Å². The van der Waals surface area contributed by atoms with Crippen molar-refractivity contribution in [3.8, 4) is 0 Å². The molecule has 0 aliphatic carbocycles. The first-order chi connectivity index (χ1) is 13.9. The van der Waals surface area contributed by atoms with Gasteiger partial charge in [-0.15, -0.1) is 11.3 Å². The smallest absolute Gasteiger partial charge is 0.278 e. The Bertz CT molecular complexity index is 1450. The Hall–Kier alpha value is -3.60. The Morgan fingerprint density at radius 2 is 1.97 bits per heavy atom. The van der Waals surface area contributed by atoms with Crippen LogP contribution in [0.2, 0.25) is 0 Å². The zero-order valence-corrected chi connectivity index (χ0v) is 16.4. The number of carbonyl (C=O) groups excluding carboxylic acids is 1. The van der Waals surface area contributed by atoms with Crippen LogP contribution in [0.5, 0.6) is 0 Å². The number of hydrogen-bond donors (Lipinski definition) is 2. The molecule has 0 bridgehead atoms. The Kier molecular flexibility index (Phi) is 4.59. The molecule has 4 rings (SSSR count). The monoisotopic (exact) mass is 412 g/mol. The van der Waals surface area contributed by atoms with Crippen LogP contribution in [0, 0.1) is 0 Å². The van der Waals surface area contributed by atoms with Gasteiger partial charge < -0.3 is 0 Å². The highest BCUT2D eigenvalue weighted by atomic mass is 32.1. The quantitative estimate of drug-likeness (QED) is 0.510. The van der Waals surface area contributed by atoms with Gasteiger partial charge in [-0.3, -0.25) is 29.4 Å². The van der Waals surface area contributed by atoms with Crippen molar-refractivity contribution in [2.45, 2.75) is 26.8 Å². The van der Waals surface area contributed by atoms with Crippen molar-refractivity contribution in [3.63, 3.8) is 0 Å². The van der Waals surface area contributed by atoms with Gasteiger partial charge in [-0.25, -0.2) is 19.4 Å². The van der Waals surface area contributed by atoms with Gasteiger partial charge in [-0.1, -0.05) is 6.92 Å². The van der Waals surface area contributed by atoms with Crippen LogP contribution in [0.25, 0.3) is 21.3 Å². The van der Waals surface area contributed by atoms with Crippen LogP contribution in [0.3, 0.4) is 0 Å². The zero-order chi connectivity index (χ0) is 20.7. The van der Waals surface area contributed by atoms with E-state index in [1.165, 1.54) is 34.5 Å². The molecule has 11 heteroatoms. The highest BCUT2D eigenvalue weighted by Crippen LogP contribution is 2.20. The third kappa shape index (κ3) is 3.14. The Balaban J connectivity index is 1.74. The molecule has 0 unspecified atom stereocenters. The number of amides is 1. The standard InChI is InChI=1S/C18H16N6O4S/c1-3-10-6-12-16(29-10)20-8-24(17(12)27)22-14(25)9-5-11-13(19-7-9)23(4-2)18(28)21-15(11)26/h5-8H,3-4H2,1-2H3,(H,22,25)(H,21,26,28). The summed E-state index contributed by atoms with van der Waals surface area (Å²) in [4.78, 5) is 61.4. The van der Waals surface area contributed by atoms with Gasteiger partial charge in [0.2, 0.25) is 0 Å². The molecule has 0 radical (unpaired) electrons. The molecule has 148 valence electrons. The summed E-state index contributed by atoms with van der Waals surface area (Å²) in [6.07, 6.45) is 3.28. The fourth-order valence-corrected chi connectivity index (χ4v) is 3.91. The van der Waals surface area contributed by atoms with E-state index in [1.54, 1.807) is 13.0 Å². The molecule has 10 nitrogen and oxygen atoms in total. The fourth-order valence-electron chi connectivity index (χ4n) is 2.99. The van der Waals surface area contributed by atoms with Gasteiger partial charge in [-0.05, 0) is 25.5 Å². The number of nitrogens with one attached hydrogen (secondary N) is 2. The maximum absolute atomic E-state index is 12.6. The van der Waals surface area contributed by atoms with Gasteiger partial charge >= 0.3 is 5.69 Å². The largest absolute Gasteiger partial charge is 0.329 e. The predicted octanol–water partition coefficient (Wildman–Crippen LogP) is 0.822. The molecule has 1 amide bonds. The number of aromatic amines is 1. The summed E-state index contributed by atoms with van der Waals surface area (Å²) in [5.41, 5.74) is 1.11. The average Bonchev–Trinajstić information content (AvgIpc) is 3.14. The first-order valence-electron chi connectivity index (χ1n) is 8.87. The van der Waals surface area contributed by atoms with Crippen LogP contribution in [0.15, 0.2) is 39.0 Å². The second kappa shape index (κ2) is 7.09. The van der Waals surface area contributed by atoms with Gasteiger partial charge in [0.1, 0.15) is 16.8 Å². The predicted molar refractivity (Wildman–Crippen MR) is 109 cm³/mol. The lowest BCUT2D eigenvalue weighted by Gasteiger charge is -2.09. The van der Waals surface area contributed by atoms with Crippen LogP contribution in [-0.2, 0) is 13.0 Å². The second-order valence-electron chi connectivity index (χ2n) is 6.24. The van der Waals surface area contributed by atoms with Crippen molar-refractivity contribution in [3.05, 3.63) is 66.3 Å². The highest BCUT2D eigenvalue weighted by Gasteiger charge is 2.15. The van der Waals surface area contributed by atoms with E-state index in [-0.39, 0.29) is 16.6 Å². The van der Waals surface area contributed by atoms with Crippen LogP contribution in [-0.4, -0.2) is 30.1 Å². The van der Waals surface area contributed by atoms with E-state index in [4.69, 9.17) is 0 Å². The summed E-state index contributed by atoms with van der Waals surface area (Å²) in [6, 6.07) is 3.10. The summed E-state index contributed by atoms with van der Waals surface area (Å²) < 4.78 is 2.29. The van der Waals surface area contributed by atoms with Crippen LogP contribution in [0.1, 0.15) is 29.1 Å². The number of pyridine rings is 1. The van der Waals surface area contributed by atoms with E-state index >= 15 is 0 Å². The van der Waals surface area contributed by atoms with E-state index in [9.17, 15) is 19.2 Å². The maximum atomic E-state index is 12.6. The van der Waals surface area contributed by atoms with Crippen molar-refractivity contribution in [1.29, 1.82) is 0 Å². The first-order valence-corrected chi connectivity index (χ1v) is 9.68. The van der Waals surface area contributed by atoms with Crippen LogP contribution < -0.4 is 22.2 Å². The van der Waals surface area contributed by atoms with E-state index in [0.717, 1.165) is 16.0 Å². The fraction of sp³-hybridized carbons (Fsp3) is 0.222. The molecule has 4 aromatic heterocycles. The van der Waals surface area contributed by atoms with Gasteiger partial charge in [0.25, 0.3) is 17.0 Å². The second-order valence-corrected chi connectivity index (χ2v) is 7.36. The summed E-state index contributed by atoms with van der Waals surface area (Å²) >= 11 is 1.43. The van der Waals surface area contributed by atoms with Gasteiger partial charge in [0, 0.05) is 17.6 Å². The molecule has 0 aromatic carbocycles. The zero-order valence-electron chi connectivity index (χ0n) is 15.6. The third-order valence-electron chi connectivity index (χ3n) is 4.48. The summed E-state index contributed by atoms with van der Waals surface area (Å²) in [6.45, 7) is 4.04. The third-order valence-corrected chi connectivity index (χ3v) is 5.67. The molecule has 0 saturated heterocycles. The molecular formula is C18H16N6O4S. The maximum Gasteiger partial charge on any atom is 0.329 e. The van der Waals surface area contributed by atoms with Crippen molar-refractivity contribution >= 4 is 38.5 Å². The number of nitrogens with zero attached hydrogens (tertiary/aromatic N) is 4. The molecular weight excluding hydrogens is 396 g/mol. The molecule has 0 saturated carbocycles. The molecule has 29 heavy (non-hydrogen) atoms. The van der Waals surface area contributed by atoms with Crippen molar-refractivity contribution in [2.24, 2.45) is 0 Å². The number of hydrogen-bond acceptors (Lipinski definition) is 7. The molecule has 2 N–H and O–H groups in total. The SMILES string of the molecule is CCc1cc2c(=O)n(NC(=O)c3cnc4c(c3)c(=O)[nH]c(=O)n4CC)cnc2s1. The van der Waals surface area contributed by atoms with E-state index in [0.29, 0.717) is 16.8 Å². The number of H-pyrrole nitrogens is 1. The number of carbonyl (C=O) groups is 1. The molecule has 4 aromatic rings. The minimum absolute atomic E-state index is 0.0656. The topological polar surface area (TPSA) is 132 Å². The molecule has 4 heterocycles. The first kappa shape index (κ1) is 18.7. The summed E-state index contributed by atoms with van der Waals surface area (Å²) in [5, 5.41) is 0.528. The number of aromatic nitrogens is 5. The summed E-state index contributed by atoms with van der Waals surface area (Å²) in [5.74, 6) is -0.637. The van der Waals surface area contributed by atoms with E-state index < -0.39 is 22.7 Å². The highest BCUT2D eigenvalue weighted by molar-refractivity contribution is 7.18. The van der Waals surface area contributed by atoms with E-state index in [2.05, 4.69) is 20.4 Å². The Morgan fingerprint density at radius 3 is 2.69 bits per heavy atom. The van der Waals surface area contributed by atoms with Gasteiger partial charge in [0.05, 0.1) is 16.3 Å². The Morgan fingerprint density at radius 1 is 1.17 bits per heavy atom. The molecule has 0 fully saturated rings. The number of fused-ring (bicyclic) bond motifs is 2. The number of thiophene rings is 1. The minimum Gasteiger partial charge on any atom is -0.278 e. The minimum atomic E-state index is -0.637. The summed E-state index contributed by atoms with van der Waals surface area (Å²) in [7, 11) is 0. The molecule has 0 atom stereocenters. The number of aryl methyl sites for hydroxylation is 2. The number of rotatable bonds is 4.